The summed E-state index contributed by atoms with van der Waals surface area (Å²) in [5.41, 5.74) is 0.147. The molecule has 1 aliphatic carbocycles. The van der Waals surface area contributed by atoms with Crippen molar-refractivity contribution in [1.29, 1.82) is 0 Å². The molecule has 0 bridgehead atoms. The minimum absolute atomic E-state index is 0.0523. The number of alkyl carbamates (subject to hydrolysis) is 1. The Bertz CT molecular complexity index is 594. The van der Waals surface area contributed by atoms with Crippen LogP contribution in [0.15, 0.2) is 18.2 Å². The lowest BCUT2D eigenvalue weighted by molar-refractivity contribution is 0.0521. The van der Waals surface area contributed by atoms with E-state index >= 15 is 0 Å². The number of hydrogen-bond acceptors (Lipinski definition) is 4. The number of halogens is 1. The molecular weight excluding hydrogens is 289 g/mol. The van der Waals surface area contributed by atoms with Crippen LogP contribution in [0, 0.1) is 5.82 Å². The third-order valence-electron chi connectivity index (χ3n) is 3.32. The summed E-state index contributed by atoms with van der Waals surface area (Å²) >= 11 is 0. The molecule has 0 spiro atoms. The number of carbonyl (C=O) groups is 2. The van der Waals surface area contributed by atoms with Gasteiger partial charge in [0.2, 0.25) is 0 Å². The van der Waals surface area contributed by atoms with Crippen molar-refractivity contribution < 1.29 is 23.5 Å². The molecule has 2 rings (SSSR count). The Labute approximate surface area is 128 Å². The average Bonchev–Trinajstić information content (AvgIpc) is 3.15. The molecule has 120 valence electrons. The Balaban J connectivity index is 2.01. The first kappa shape index (κ1) is 16.3. The van der Waals surface area contributed by atoms with E-state index in [4.69, 9.17) is 4.74 Å². The molecule has 0 radical (unpaired) electrons. The zero-order valence-electron chi connectivity index (χ0n) is 13.1. The fraction of sp³-hybridized carbons (Fsp3) is 0.500. The highest BCUT2D eigenvalue weighted by atomic mass is 19.1. The Hall–Kier alpha value is -2.11. The number of hydrogen-bond donors (Lipinski definition) is 1. The molecule has 1 amide bonds. The number of ether oxygens (including phenoxy) is 2. The number of benzene rings is 1. The van der Waals surface area contributed by atoms with E-state index in [1.165, 1.54) is 19.2 Å². The van der Waals surface area contributed by atoms with Crippen LogP contribution in [-0.4, -0.2) is 30.8 Å². The van der Waals surface area contributed by atoms with E-state index in [0.717, 1.165) is 12.0 Å². The summed E-state index contributed by atoms with van der Waals surface area (Å²) in [7, 11) is 1.21. The van der Waals surface area contributed by atoms with Crippen molar-refractivity contribution in [1.82, 2.24) is 5.32 Å². The maximum absolute atomic E-state index is 13.6. The van der Waals surface area contributed by atoms with Gasteiger partial charge in [0, 0.05) is 12.0 Å². The lowest BCUT2D eigenvalue weighted by Gasteiger charge is -2.19. The Morgan fingerprint density at radius 2 is 2.00 bits per heavy atom. The van der Waals surface area contributed by atoms with Crippen LogP contribution in [0.25, 0.3) is 0 Å². The van der Waals surface area contributed by atoms with Crippen molar-refractivity contribution in [3.05, 3.63) is 35.1 Å². The smallest absolute Gasteiger partial charge is 0.407 e. The molecule has 0 saturated heterocycles. The molecule has 1 aromatic carbocycles. The maximum Gasteiger partial charge on any atom is 0.407 e. The van der Waals surface area contributed by atoms with Crippen molar-refractivity contribution >= 4 is 12.1 Å². The maximum atomic E-state index is 13.6. The van der Waals surface area contributed by atoms with Gasteiger partial charge in [-0.05, 0) is 44.9 Å². The van der Waals surface area contributed by atoms with Crippen LogP contribution in [0.5, 0.6) is 0 Å². The molecule has 0 aliphatic heterocycles. The summed E-state index contributed by atoms with van der Waals surface area (Å²) in [6.07, 6.45) is 0.251. The first-order valence-electron chi connectivity index (χ1n) is 7.08. The third kappa shape index (κ3) is 3.96. The van der Waals surface area contributed by atoms with Gasteiger partial charge in [-0.15, -0.1) is 0 Å². The van der Waals surface area contributed by atoms with Crippen molar-refractivity contribution in [2.24, 2.45) is 0 Å². The van der Waals surface area contributed by atoms with E-state index in [1.807, 2.05) is 0 Å². The first-order chi connectivity index (χ1) is 10.2. The minimum Gasteiger partial charge on any atom is -0.465 e. The van der Waals surface area contributed by atoms with E-state index < -0.39 is 23.5 Å². The number of amides is 1. The van der Waals surface area contributed by atoms with Crippen molar-refractivity contribution in [3.63, 3.8) is 0 Å². The summed E-state index contributed by atoms with van der Waals surface area (Å²) in [6.45, 7) is 5.37. The minimum atomic E-state index is -0.711. The average molecular weight is 309 g/mol. The number of nitrogens with one attached hydrogen (secondary N) is 1. The van der Waals surface area contributed by atoms with Crippen LogP contribution in [0.1, 0.15) is 49.0 Å². The van der Waals surface area contributed by atoms with E-state index in [9.17, 15) is 14.0 Å². The van der Waals surface area contributed by atoms with Crippen LogP contribution in [0.2, 0.25) is 0 Å². The predicted molar refractivity (Wildman–Crippen MR) is 78.3 cm³/mol. The molecule has 1 aromatic rings. The summed E-state index contributed by atoms with van der Waals surface area (Å²) in [5.74, 6) is -1.28. The Morgan fingerprint density at radius 3 is 2.59 bits per heavy atom. The van der Waals surface area contributed by atoms with Crippen LogP contribution in [0.3, 0.4) is 0 Å². The largest absolute Gasteiger partial charge is 0.465 e. The molecule has 2 unspecified atom stereocenters. The Morgan fingerprint density at radius 1 is 1.32 bits per heavy atom. The lowest BCUT2D eigenvalue weighted by Crippen LogP contribution is -2.34. The van der Waals surface area contributed by atoms with Crippen LogP contribution in [0.4, 0.5) is 9.18 Å². The van der Waals surface area contributed by atoms with Gasteiger partial charge in [0.15, 0.2) is 0 Å². The van der Waals surface area contributed by atoms with Gasteiger partial charge < -0.3 is 14.8 Å². The molecule has 1 saturated carbocycles. The van der Waals surface area contributed by atoms with Crippen LogP contribution in [-0.2, 0) is 9.47 Å². The summed E-state index contributed by atoms with van der Waals surface area (Å²) in [4.78, 5) is 23.2. The molecule has 22 heavy (non-hydrogen) atoms. The van der Waals surface area contributed by atoms with E-state index in [2.05, 4.69) is 10.1 Å². The number of rotatable bonds is 3. The van der Waals surface area contributed by atoms with E-state index in [0.29, 0.717) is 0 Å². The molecule has 0 aromatic heterocycles. The highest BCUT2D eigenvalue weighted by molar-refractivity contribution is 5.89. The highest BCUT2D eigenvalue weighted by Gasteiger charge is 2.40. The van der Waals surface area contributed by atoms with Gasteiger partial charge in [-0.2, -0.15) is 0 Å². The van der Waals surface area contributed by atoms with Crippen molar-refractivity contribution in [2.75, 3.05) is 7.11 Å². The predicted octanol–water partition coefficient (Wildman–Crippen LogP) is 2.99. The standard InChI is InChI=1S/C16H20FNO4/c1-16(2,3)22-15(20)18-13-8-10(13)9-5-6-12(17)11(7-9)14(19)21-4/h5-7,10,13H,8H2,1-4H3,(H,18,20). The van der Waals surface area contributed by atoms with Crippen LogP contribution < -0.4 is 5.32 Å². The second-order valence-corrected chi connectivity index (χ2v) is 6.33. The first-order valence-corrected chi connectivity index (χ1v) is 7.08. The summed E-state index contributed by atoms with van der Waals surface area (Å²) in [5, 5.41) is 2.77. The fourth-order valence-electron chi connectivity index (χ4n) is 2.22. The number of methoxy groups -OCH3 is 1. The fourth-order valence-corrected chi connectivity index (χ4v) is 2.22. The van der Waals surface area contributed by atoms with E-state index in [-0.39, 0.29) is 17.5 Å². The van der Waals surface area contributed by atoms with Gasteiger partial charge in [-0.3, -0.25) is 0 Å². The molecule has 1 N–H and O–H groups in total. The topological polar surface area (TPSA) is 64.6 Å². The molecule has 1 fully saturated rings. The molecule has 5 nitrogen and oxygen atoms in total. The van der Waals surface area contributed by atoms with Gasteiger partial charge in [-0.1, -0.05) is 6.07 Å². The van der Waals surface area contributed by atoms with Gasteiger partial charge in [0.1, 0.15) is 11.4 Å². The second kappa shape index (κ2) is 5.94. The zero-order valence-corrected chi connectivity index (χ0v) is 13.1. The van der Waals surface area contributed by atoms with Gasteiger partial charge in [-0.25, -0.2) is 14.0 Å². The van der Waals surface area contributed by atoms with E-state index in [1.54, 1.807) is 26.8 Å². The molecule has 6 heteroatoms. The van der Waals surface area contributed by atoms with Gasteiger partial charge in [0.05, 0.1) is 12.7 Å². The molecule has 2 atom stereocenters. The highest BCUT2D eigenvalue weighted by Crippen LogP contribution is 2.41. The second-order valence-electron chi connectivity index (χ2n) is 6.33. The summed E-state index contributed by atoms with van der Waals surface area (Å²) < 4.78 is 23.3. The normalized spacial score (nSPS) is 20.2. The summed E-state index contributed by atoms with van der Waals surface area (Å²) in [6, 6.07) is 4.27. The quantitative estimate of drug-likeness (QED) is 0.872. The zero-order chi connectivity index (χ0) is 16.5. The van der Waals surface area contributed by atoms with Gasteiger partial charge >= 0.3 is 12.1 Å². The van der Waals surface area contributed by atoms with Crippen molar-refractivity contribution in [2.45, 2.75) is 44.8 Å². The molecule has 0 heterocycles. The van der Waals surface area contributed by atoms with Gasteiger partial charge in [0.25, 0.3) is 0 Å². The van der Waals surface area contributed by atoms with Crippen LogP contribution >= 0.6 is 0 Å². The lowest BCUT2D eigenvalue weighted by atomic mass is 10.1. The number of carbonyl (C=O) groups excluding carboxylic acids is 2. The Kier molecular flexibility index (Phi) is 4.39. The van der Waals surface area contributed by atoms with Crippen molar-refractivity contribution in [3.8, 4) is 0 Å². The monoisotopic (exact) mass is 309 g/mol. The third-order valence-corrected chi connectivity index (χ3v) is 3.32. The molecule has 1 aliphatic rings. The number of esters is 1. The molecular formula is C16H20FNO4. The SMILES string of the molecule is COC(=O)c1cc(C2CC2NC(=O)OC(C)(C)C)ccc1F.